The molecule has 1 atom stereocenters. The predicted molar refractivity (Wildman–Crippen MR) is 142 cm³/mol. The number of hydrogen-bond acceptors (Lipinski definition) is 2. The van der Waals surface area contributed by atoms with Crippen molar-refractivity contribution in [2.24, 2.45) is 0 Å². The molecule has 0 aromatic heterocycles. The number of nitrogens with one attached hydrogen (secondary N) is 1. The monoisotopic (exact) mass is 504 g/mol. The Morgan fingerprint density at radius 2 is 1.62 bits per heavy atom. The lowest BCUT2D eigenvalue weighted by atomic mass is 9.86. The van der Waals surface area contributed by atoms with Crippen molar-refractivity contribution in [3.05, 3.63) is 69.2 Å². The molecule has 0 aliphatic heterocycles. The van der Waals surface area contributed by atoms with Crippen LogP contribution in [-0.4, -0.2) is 29.3 Å². The zero-order valence-corrected chi connectivity index (χ0v) is 22.6. The van der Waals surface area contributed by atoms with Gasteiger partial charge in [-0.25, -0.2) is 0 Å². The van der Waals surface area contributed by atoms with Gasteiger partial charge in [0.25, 0.3) is 0 Å². The van der Waals surface area contributed by atoms with E-state index in [4.69, 9.17) is 23.2 Å². The molecule has 6 heteroatoms. The van der Waals surface area contributed by atoms with Gasteiger partial charge in [0.05, 0.1) is 10.0 Å². The minimum atomic E-state index is -0.540. The van der Waals surface area contributed by atoms with Gasteiger partial charge in [-0.1, -0.05) is 94.6 Å². The molecule has 0 aliphatic rings. The van der Waals surface area contributed by atoms with E-state index in [2.05, 4.69) is 57.3 Å². The fourth-order valence-electron chi connectivity index (χ4n) is 3.83. The van der Waals surface area contributed by atoms with E-state index in [9.17, 15) is 9.59 Å². The first kappa shape index (κ1) is 28.2. The van der Waals surface area contributed by atoms with Crippen LogP contribution < -0.4 is 5.32 Å². The highest BCUT2D eigenvalue weighted by Crippen LogP contribution is 2.25. The number of benzene rings is 2. The van der Waals surface area contributed by atoms with Crippen LogP contribution in [0.2, 0.25) is 10.0 Å². The van der Waals surface area contributed by atoms with E-state index < -0.39 is 6.04 Å². The van der Waals surface area contributed by atoms with Crippen LogP contribution in [0.15, 0.2) is 42.5 Å². The Morgan fingerprint density at radius 1 is 0.971 bits per heavy atom. The van der Waals surface area contributed by atoms with Crippen LogP contribution in [0.4, 0.5) is 0 Å². The zero-order valence-electron chi connectivity index (χ0n) is 21.1. The van der Waals surface area contributed by atoms with Crippen LogP contribution in [0.1, 0.15) is 77.0 Å². The lowest BCUT2D eigenvalue weighted by Gasteiger charge is -2.31. The van der Waals surface area contributed by atoms with Gasteiger partial charge < -0.3 is 10.2 Å². The first-order chi connectivity index (χ1) is 16.1. The van der Waals surface area contributed by atoms with Gasteiger partial charge in [0.1, 0.15) is 6.04 Å². The number of unbranched alkanes of at least 4 members (excludes halogenated alkanes) is 1. The highest BCUT2D eigenvalue weighted by Gasteiger charge is 2.28. The normalized spacial score (nSPS) is 12.3. The second kappa shape index (κ2) is 13.2. The van der Waals surface area contributed by atoms with E-state index in [-0.39, 0.29) is 17.2 Å². The summed E-state index contributed by atoms with van der Waals surface area (Å²) in [7, 11) is 0. The van der Waals surface area contributed by atoms with Crippen molar-refractivity contribution in [3.8, 4) is 0 Å². The van der Waals surface area contributed by atoms with Gasteiger partial charge in [-0.15, -0.1) is 0 Å². The molecule has 2 aromatic carbocycles. The molecular weight excluding hydrogens is 467 g/mol. The maximum Gasteiger partial charge on any atom is 0.242 e. The molecule has 1 N–H and O–H groups in total. The van der Waals surface area contributed by atoms with Crippen molar-refractivity contribution >= 4 is 35.0 Å². The molecule has 0 radical (unpaired) electrons. The molecule has 0 saturated carbocycles. The van der Waals surface area contributed by atoms with Crippen molar-refractivity contribution in [3.63, 3.8) is 0 Å². The summed E-state index contributed by atoms with van der Waals surface area (Å²) in [5, 5.41) is 3.89. The average molecular weight is 506 g/mol. The maximum atomic E-state index is 13.4. The molecule has 2 amide bonds. The quantitative estimate of drug-likeness (QED) is 0.336. The SMILES string of the molecule is CCCCNC(=O)[C@@H](CC)N(Cc1ccc(Cl)c(Cl)c1)C(=O)CCc1ccc(C(C)(C)C)cc1. The van der Waals surface area contributed by atoms with Crippen LogP contribution in [0.3, 0.4) is 0 Å². The zero-order chi connectivity index (χ0) is 25.3. The van der Waals surface area contributed by atoms with Gasteiger partial charge in [-0.3, -0.25) is 9.59 Å². The summed E-state index contributed by atoms with van der Waals surface area (Å²) in [6.07, 6.45) is 3.39. The van der Waals surface area contributed by atoms with E-state index >= 15 is 0 Å². The van der Waals surface area contributed by atoms with Crippen LogP contribution in [0, 0.1) is 0 Å². The molecule has 0 fully saturated rings. The van der Waals surface area contributed by atoms with Crippen LogP contribution in [0.25, 0.3) is 0 Å². The van der Waals surface area contributed by atoms with E-state index in [1.165, 1.54) is 5.56 Å². The largest absolute Gasteiger partial charge is 0.354 e. The van der Waals surface area contributed by atoms with Crippen LogP contribution >= 0.6 is 23.2 Å². The number of rotatable bonds is 11. The second-order valence-electron chi connectivity index (χ2n) is 9.79. The number of halogens is 2. The lowest BCUT2D eigenvalue weighted by Crippen LogP contribution is -2.49. The van der Waals surface area contributed by atoms with E-state index in [1.807, 2.05) is 13.0 Å². The smallest absolute Gasteiger partial charge is 0.242 e. The third kappa shape index (κ3) is 8.32. The minimum Gasteiger partial charge on any atom is -0.354 e. The summed E-state index contributed by atoms with van der Waals surface area (Å²) >= 11 is 12.3. The third-order valence-corrected chi connectivity index (χ3v) is 6.74. The molecule has 0 unspecified atom stereocenters. The van der Waals surface area contributed by atoms with E-state index in [0.29, 0.717) is 42.4 Å². The van der Waals surface area contributed by atoms with Crippen LogP contribution in [0.5, 0.6) is 0 Å². The molecular formula is C28H38Cl2N2O2. The van der Waals surface area contributed by atoms with Gasteiger partial charge in [-0.05, 0) is 53.5 Å². The fourth-order valence-corrected chi connectivity index (χ4v) is 4.15. The van der Waals surface area contributed by atoms with Gasteiger partial charge >= 0.3 is 0 Å². The number of amides is 2. The van der Waals surface area contributed by atoms with Crippen molar-refractivity contribution in [2.45, 2.75) is 84.7 Å². The molecule has 0 spiro atoms. The number of nitrogens with zero attached hydrogens (tertiary/aromatic N) is 1. The van der Waals surface area contributed by atoms with E-state index in [1.54, 1.807) is 17.0 Å². The number of aryl methyl sites for hydroxylation is 1. The topological polar surface area (TPSA) is 49.4 Å². The summed E-state index contributed by atoms with van der Waals surface area (Å²) in [5.74, 6) is -0.164. The highest BCUT2D eigenvalue weighted by atomic mass is 35.5. The minimum absolute atomic E-state index is 0.0524. The fraction of sp³-hybridized carbons (Fsp3) is 0.500. The first-order valence-corrected chi connectivity index (χ1v) is 12.9. The molecule has 186 valence electrons. The van der Waals surface area contributed by atoms with Crippen LogP contribution in [-0.2, 0) is 28.0 Å². The van der Waals surface area contributed by atoms with Gasteiger partial charge in [0.2, 0.25) is 11.8 Å². The van der Waals surface area contributed by atoms with Crippen molar-refractivity contribution < 1.29 is 9.59 Å². The number of carbonyl (C=O) groups is 2. The lowest BCUT2D eigenvalue weighted by molar-refractivity contribution is -0.141. The van der Waals surface area contributed by atoms with Gasteiger partial charge in [0, 0.05) is 19.5 Å². The summed E-state index contributed by atoms with van der Waals surface area (Å²) in [6, 6.07) is 13.2. The Balaban J connectivity index is 2.19. The average Bonchev–Trinajstić information content (AvgIpc) is 2.79. The second-order valence-corrected chi connectivity index (χ2v) is 10.6. The summed E-state index contributed by atoms with van der Waals surface area (Å²) < 4.78 is 0. The highest BCUT2D eigenvalue weighted by molar-refractivity contribution is 6.42. The number of carbonyl (C=O) groups excluding carboxylic acids is 2. The Kier molecular flexibility index (Phi) is 10.9. The standard InChI is InChI=1S/C28H38Cl2N2O2/c1-6-8-17-31-27(34)25(7-2)32(19-21-11-15-23(29)24(30)18-21)26(33)16-12-20-9-13-22(14-10-20)28(3,4)5/h9-11,13-15,18,25H,6-8,12,16-17,19H2,1-5H3,(H,31,34)/t25-/m1/s1. The summed E-state index contributed by atoms with van der Waals surface area (Å²) in [4.78, 5) is 28.1. The molecule has 4 nitrogen and oxygen atoms in total. The molecule has 2 aromatic rings. The predicted octanol–water partition coefficient (Wildman–Crippen LogP) is 6.95. The molecule has 0 saturated heterocycles. The van der Waals surface area contributed by atoms with E-state index in [0.717, 1.165) is 24.0 Å². The molecule has 0 aliphatic carbocycles. The van der Waals surface area contributed by atoms with Crippen molar-refractivity contribution in [1.82, 2.24) is 10.2 Å². The Hall–Kier alpha value is -2.04. The first-order valence-electron chi connectivity index (χ1n) is 12.2. The molecule has 0 bridgehead atoms. The molecule has 0 heterocycles. The van der Waals surface area contributed by atoms with Crippen molar-refractivity contribution in [1.29, 1.82) is 0 Å². The molecule has 34 heavy (non-hydrogen) atoms. The Bertz CT molecular complexity index is 952. The number of hydrogen-bond donors (Lipinski definition) is 1. The Morgan fingerprint density at radius 3 is 2.18 bits per heavy atom. The van der Waals surface area contributed by atoms with Crippen molar-refractivity contribution in [2.75, 3.05) is 6.54 Å². The third-order valence-electron chi connectivity index (χ3n) is 6.00. The van der Waals surface area contributed by atoms with Gasteiger partial charge in [0.15, 0.2) is 0 Å². The molecule has 2 rings (SSSR count). The Labute approximate surface area is 215 Å². The van der Waals surface area contributed by atoms with Gasteiger partial charge in [-0.2, -0.15) is 0 Å². The summed E-state index contributed by atoms with van der Waals surface area (Å²) in [6.45, 7) is 11.5. The summed E-state index contributed by atoms with van der Waals surface area (Å²) in [5.41, 5.74) is 3.30. The maximum absolute atomic E-state index is 13.4.